The molecule has 292 valence electrons. The molecule has 54 heavy (non-hydrogen) atoms. The van der Waals surface area contributed by atoms with Gasteiger partial charge in [-0.3, -0.25) is 24.0 Å². The summed E-state index contributed by atoms with van der Waals surface area (Å²) in [5, 5.41) is 21.9. The standard InChI is InChI=1S/C36H48N8O8S2/c1-35(2,50)29-20-38-42-44(29)25-19-28(33(48)40-36(30(45)31(37)46)14-16-53-17-15-36)43(21-25)34(49)27(18-22-6-4-3-5-7-22)39-32(47)23-8-12-26(13-9-23)54(51,52)41-24-10-11-24/h8-9,12-13,20,22,24-25,28,41,50H,3-7,10-11,14-19,21H2,1-2H3,(H2,37,46)(H,40,48)/b39-27+/t25-,28-/m0/s1. The minimum atomic E-state index is -3.75. The van der Waals surface area contributed by atoms with Crippen LogP contribution in [0.5, 0.6) is 0 Å². The maximum absolute atomic E-state index is 14.7. The third-order valence-electron chi connectivity index (χ3n) is 10.8. The first kappa shape index (κ1) is 39.7. The summed E-state index contributed by atoms with van der Waals surface area (Å²) in [7, 11) is -3.75. The van der Waals surface area contributed by atoms with E-state index in [0.717, 1.165) is 44.9 Å². The molecule has 4 aliphatic rings. The van der Waals surface area contributed by atoms with E-state index in [1.807, 2.05) is 0 Å². The third-order valence-corrected chi connectivity index (χ3v) is 13.3. The van der Waals surface area contributed by atoms with Crippen molar-refractivity contribution >= 4 is 56.9 Å². The summed E-state index contributed by atoms with van der Waals surface area (Å²) in [4.78, 5) is 73.8. The molecule has 2 atom stereocenters. The molecule has 3 heterocycles. The van der Waals surface area contributed by atoms with Gasteiger partial charge in [-0.25, -0.2) is 22.8 Å². The number of nitrogens with zero attached hydrogens (tertiary/aromatic N) is 5. The lowest BCUT2D eigenvalue weighted by Gasteiger charge is -2.37. The summed E-state index contributed by atoms with van der Waals surface area (Å²) in [5.41, 5.74) is 2.94. The normalized spacial score (nSPS) is 22.5. The monoisotopic (exact) mass is 784 g/mol. The molecule has 4 amide bonds. The van der Waals surface area contributed by atoms with E-state index in [4.69, 9.17) is 5.73 Å². The second-order valence-electron chi connectivity index (χ2n) is 15.4. The van der Waals surface area contributed by atoms with Crippen LogP contribution in [0.15, 0.2) is 40.4 Å². The molecule has 16 nitrogen and oxygen atoms in total. The average Bonchev–Trinajstić information content (AvgIpc) is 3.59. The highest BCUT2D eigenvalue weighted by molar-refractivity contribution is 7.99. The number of benzene rings is 1. The zero-order chi connectivity index (χ0) is 38.8. The van der Waals surface area contributed by atoms with Crippen LogP contribution in [0.1, 0.15) is 107 Å². The van der Waals surface area contributed by atoms with Gasteiger partial charge in [-0.05, 0) is 87.6 Å². The molecule has 2 aliphatic carbocycles. The maximum Gasteiger partial charge on any atom is 0.287 e. The first-order chi connectivity index (χ1) is 25.6. The molecule has 18 heteroatoms. The van der Waals surface area contributed by atoms with E-state index in [2.05, 4.69) is 25.3 Å². The minimum Gasteiger partial charge on any atom is -0.384 e. The van der Waals surface area contributed by atoms with Crippen LogP contribution in [-0.4, -0.2) is 104 Å². The first-order valence-corrected chi connectivity index (χ1v) is 21.1. The summed E-state index contributed by atoms with van der Waals surface area (Å²) in [6, 6.07) is 3.47. The number of sulfonamides is 1. The van der Waals surface area contributed by atoms with E-state index >= 15 is 0 Å². The number of ketones is 1. The van der Waals surface area contributed by atoms with E-state index in [1.165, 1.54) is 40.0 Å². The lowest BCUT2D eigenvalue weighted by atomic mass is 9.85. The molecule has 0 radical (unpaired) electrons. The van der Waals surface area contributed by atoms with E-state index in [9.17, 15) is 37.5 Å². The molecule has 5 N–H and O–H groups in total. The predicted molar refractivity (Wildman–Crippen MR) is 199 cm³/mol. The Morgan fingerprint density at radius 3 is 2.31 bits per heavy atom. The van der Waals surface area contributed by atoms with Gasteiger partial charge in [0.1, 0.15) is 22.9 Å². The molecule has 0 bridgehead atoms. The summed E-state index contributed by atoms with van der Waals surface area (Å²) < 4.78 is 29.5. The number of Topliss-reactive ketones (excluding diaryl/α,β-unsaturated/α-hetero) is 1. The Kier molecular flexibility index (Phi) is 11.8. The molecule has 2 saturated heterocycles. The smallest absolute Gasteiger partial charge is 0.287 e. The molecular formula is C36H48N8O8S2. The van der Waals surface area contributed by atoms with Crippen molar-refractivity contribution in [1.82, 2.24) is 29.9 Å². The van der Waals surface area contributed by atoms with Crippen molar-refractivity contribution in [3.63, 3.8) is 0 Å². The number of aromatic nitrogens is 3. The molecule has 4 fully saturated rings. The van der Waals surface area contributed by atoms with Crippen molar-refractivity contribution in [3.05, 3.63) is 41.7 Å². The highest BCUT2D eigenvalue weighted by Gasteiger charge is 2.49. The van der Waals surface area contributed by atoms with Gasteiger partial charge in [0.05, 0.1) is 22.8 Å². The van der Waals surface area contributed by atoms with Gasteiger partial charge in [-0.15, -0.1) is 5.10 Å². The van der Waals surface area contributed by atoms with Crippen LogP contribution >= 0.6 is 11.8 Å². The Bertz CT molecular complexity index is 1910. The van der Waals surface area contributed by atoms with Gasteiger partial charge >= 0.3 is 0 Å². The molecule has 0 spiro atoms. The van der Waals surface area contributed by atoms with E-state index < -0.39 is 62.7 Å². The van der Waals surface area contributed by atoms with Crippen molar-refractivity contribution in [2.45, 2.75) is 119 Å². The average molecular weight is 785 g/mol. The molecule has 1 aromatic heterocycles. The van der Waals surface area contributed by atoms with Crippen LogP contribution in [0.4, 0.5) is 0 Å². The predicted octanol–water partition coefficient (Wildman–Crippen LogP) is 1.78. The quantitative estimate of drug-likeness (QED) is 0.169. The van der Waals surface area contributed by atoms with Crippen LogP contribution < -0.4 is 15.8 Å². The highest BCUT2D eigenvalue weighted by atomic mass is 32.2. The number of carbonyl (C=O) groups excluding carboxylic acids is 5. The van der Waals surface area contributed by atoms with Gasteiger partial charge in [-0.1, -0.05) is 37.3 Å². The van der Waals surface area contributed by atoms with Crippen molar-refractivity contribution < 1.29 is 37.5 Å². The number of primary amides is 1. The molecular weight excluding hydrogens is 737 g/mol. The van der Waals surface area contributed by atoms with Gasteiger partial charge in [0, 0.05) is 24.6 Å². The number of hydrogen-bond acceptors (Lipinski definition) is 11. The number of nitrogens with one attached hydrogen (secondary N) is 2. The fraction of sp³-hybridized carbons (Fsp3) is 0.611. The Morgan fingerprint density at radius 1 is 1.04 bits per heavy atom. The number of likely N-dealkylation sites (tertiary alicyclic amines) is 1. The van der Waals surface area contributed by atoms with Crippen molar-refractivity contribution in [2.24, 2.45) is 16.6 Å². The first-order valence-electron chi connectivity index (χ1n) is 18.5. The number of nitrogens with two attached hydrogens (primary N) is 1. The van der Waals surface area contributed by atoms with Crippen LogP contribution in [0.25, 0.3) is 0 Å². The van der Waals surface area contributed by atoms with E-state index in [0.29, 0.717) is 17.2 Å². The fourth-order valence-electron chi connectivity index (χ4n) is 7.56. The Labute approximate surface area is 318 Å². The summed E-state index contributed by atoms with van der Waals surface area (Å²) >= 11 is 1.58. The largest absolute Gasteiger partial charge is 0.384 e. The Morgan fingerprint density at radius 2 is 1.70 bits per heavy atom. The number of thioether (sulfide) groups is 1. The minimum absolute atomic E-state index is 0.00748. The maximum atomic E-state index is 14.7. The Hall–Kier alpha value is -4.00. The molecule has 2 aliphatic heterocycles. The number of amides is 4. The summed E-state index contributed by atoms with van der Waals surface area (Å²) in [5.74, 6) is -3.05. The third kappa shape index (κ3) is 8.92. The summed E-state index contributed by atoms with van der Waals surface area (Å²) in [6.45, 7) is 3.07. The lowest BCUT2D eigenvalue weighted by Crippen LogP contribution is -2.63. The zero-order valence-corrected chi connectivity index (χ0v) is 32.2. The van der Waals surface area contributed by atoms with Crippen LogP contribution in [0, 0.1) is 5.92 Å². The van der Waals surface area contributed by atoms with Crippen LogP contribution in [0.2, 0.25) is 0 Å². The Balaban J connectivity index is 1.34. The summed E-state index contributed by atoms with van der Waals surface area (Å²) in [6.07, 6.45) is 8.16. The number of rotatable bonds is 13. The molecule has 0 unspecified atom stereocenters. The molecule has 2 aromatic rings. The number of aliphatic hydroxyl groups is 1. The van der Waals surface area contributed by atoms with Crippen molar-refractivity contribution in [1.29, 1.82) is 0 Å². The van der Waals surface area contributed by atoms with Crippen LogP contribution in [0.3, 0.4) is 0 Å². The number of hydrogen-bond donors (Lipinski definition) is 4. The van der Waals surface area contributed by atoms with Crippen molar-refractivity contribution in [3.8, 4) is 0 Å². The second kappa shape index (κ2) is 16.0. The van der Waals surface area contributed by atoms with Crippen molar-refractivity contribution in [2.75, 3.05) is 18.1 Å². The SMILES string of the molecule is CC(C)(O)c1cnnn1[C@H]1C[C@@H](C(=O)NC2(C(=O)C(N)=O)CCSCC2)N(C(=O)/C(CC2CCCCC2)=N/C(=O)c2ccc(S(=O)(=O)NC3CC3)cc2)C1. The number of aliphatic imine (C=N–C) groups is 1. The van der Waals surface area contributed by atoms with Gasteiger partial charge in [0.15, 0.2) is 0 Å². The van der Waals surface area contributed by atoms with E-state index in [-0.39, 0.29) is 60.4 Å². The molecule has 6 rings (SSSR count). The topological polar surface area (TPSA) is 236 Å². The van der Waals surface area contributed by atoms with E-state index in [1.54, 1.807) is 25.6 Å². The zero-order valence-electron chi connectivity index (χ0n) is 30.5. The second-order valence-corrected chi connectivity index (χ2v) is 18.3. The van der Waals surface area contributed by atoms with Gasteiger partial charge in [-0.2, -0.15) is 11.8 Å². The van der Waals surface area contributed by atoms with Gasteiger partial charge < -0.3 is 21.1 Å². The van der Waals surface area contributed by atoms with Gasteiger partial charge in [0.25, 0.3) is 17.7 Å². The van der Waals surface area contributed by atoms with Gasteiger partial charge in [0.2, 0.25) is 21.7 Å². The molecule has 2 saturated carbocycles. The highest BCUT2D eigenvalue weighted by Crippen LogP contribution is 2.35. The fourth-order valence-corrected chi connectivity index (χ4v) is 10.1. The molecule has 1 aromatic carbocycles. The number of carbonyl (C=O) groups is 5. The lowest BCUT2D eigenvalue weighted by molar-refractivity contribution is -0.143. The van der Waals surface area contributed by atoms with Crippen LogP contribution in [-0.2, 0) is 34.8 Å².